The molecule has 1 aromatic heterocycles. The molecule has 1 aromatic rings. The molecule has 2 atom stereocenters. The third kappa shape index (κ3) is 4.08. The van der Waals surface area contributed by atoms with E-state index < -0.39 is 29.2 Å². The highest BCUT2D eigenvalue weighted by Crippen LogP contribution is 2.41. The molecule has 4 N–H and O–H groups in total. The second kappa shape index (κ2) is 8.41. The van der Waals surface area contributed by atoms with E-state index in [0.717, 1.165) is 16.9 Å². The van der Waals surface area contributed by atoms with Crippen molar-refractivity contribution in [3.63, 3.8) is 0 Å². The third-order valence-corrected chi connectivity index (χ3v) is 6.37. The van der Waals surface area contributed by atoms with Crippen LogP contribution in [0.15, 0.2) is 21.8 Å². The monoisotopic (exact) mass is 439 g/mol. The highest BCUT2D eigenvalue weighted by Gasteiger charge is 2.54. The topological polar surface area (TPSA) is 147 Å². The second-order valence-electron chi connectivity index (χ2n) is 6.91. The molecule has 3 heterocycles. The van der Waals surface area contributed by atoms with E-state index in [2.05, 4.69) is 15.5 Å². The maximum atomic E-state index is 12.7. The van der Waals surface area contributed by atoms with Crippen molar-refractivity contribution in [2.24, 2.45) is 11.1 Å². The van der Waals surface area contributed by atoms with Gasteiger partial charge in [-0.1, -0.05) is 19.0 Å². The van der Waals surface area contributed by atoms with Gasteiger partial charge in [0.25, 0.3) is 11.8 Å². The van der Waals surface area contributed by atoms with Gasteiger partial charge in [0.1, 0.15) is 29.9 Å². The number of anilines is 1. The fourth-order valence-electron chi connectivity index (χ4n) is 3.23. The van der Waals surface area contributed by atoms with Crippen molar-refractivity contribution in [2.45, 2.75) is 31.7 Å². The number of β-lactam (4-membered cyclic amide) rings is 1. The quantitative estimate of drug-likeness (QED) is 0.322. The van der Waals surface area contributed by atoms with Crippen LogP contribution in [0.3, 0.4) is 0 Å². The summed E-state index contributed by atoms with van der Waals surface area (Å²) in [6.45, 7) is 3.98. The zero-order valence-electron chi connectivity index (χ0n) is 16.0. The van der Waals surface area contributed by atoms with Gasteiger partial charge in [0.2, 0.25) is 0 Å². The Kier molecular flexibility index (Phi) is 6.13. The number of rotatable bonds is 7. The van der Waals surface area contributed by atoms with Crippen LogP contribution < -0.4 is 11.1 Å². The van der Waals surface area contributed by atoms with E-state index in [1.54, 1.807) is 5.38 Å². The molecule has 0 radical (unpaired) electrons. The molecule has 10 nitrogen and oxygen atoms in total. The Labute approximate surface area is 175 Å². The zero-order valence-corrected chi connectivity index (χ0v) is 17.7. The number of fused-ring (bicyclic) bond motifs is 1. The van der Waals surface area contributed by atoms with Crippen LogP contribution in [0, 0.1) is 5.92 Å². The van der Waals surface area contributed by atoms with E-state index >= 15 is 0 Å². The molecule has 0 spiro atoms. The molecule has 0 aromatic carbocycles. The lowest BCUT2D eigenvalue weighted by molar-refractivity contribution is -0.150. The van der Waals surface area contributed by atoms with Crippen LogP contribution in [-0.2, 0) is 19.2 Å². The second-order valence-corrected chi connectivity index (χ2v) is 8.90. The maximum Gasteiger partial charge on any atom is 0.352 e. The normalized spacial score (nSPS) is 21.7. The molecule has 0 saturated carbocycles. The summed E-state index contributed by atoms with van der Waals surface area (Å²) in [5.41, 5.74) is 6.48. The van der Waals surface area contributed by atoms with Gasteiger partial charge in [-0.2, -0.15) is 0 Å². The van der Waals surface area contributed by atoms with Crippen molar-refractivity contribution in [1.82, 2.24) is 15.2 Å². The van der Waals surface area contributed by atoms with Crippen LogP contribution >= 0.6 is 23.1 Å². The predicted molar refractivity (Wildman–Crippen MR) is 109 cm³/mol. The number of oxime groups is 1. The molecule has 3 rings (SSSR count). The fourth-order valence-corrected chi connectivity index (χ4v) is 5.14. The zero-order chi connectivity index (χ0) is 21.3. The number of carbonyl (C=O) groups excluding carboxylic acids is 2. The van der Waals surface area contributed by atoms with Gasteiger partial charge in [-0.25, -0.2) is 9.78 Å². The minimum absolute atomic E-state index is 0.0241. The molecular weight excluding hydrogens is 418 g/mol. The van der Waals surface area contributed by atoms with Gasteiger partial charge in [-0.05, 0) is 17.9 Å². The Morgan fingerprint density at radius 1 is 1.52 bits per heavy atom. The lowest BCUT2D eigenvalue weighted by Crippen LogP contribution is -2.71. The number of nitrogens with one attached hydrogen (secondary N) is 1. The molecule has 0 unspecified atom stereocenters. The Hall–Kier alpha value is -2.60. The number of aromatic nitrogens is 1. The number of nitrogen functional groups attached to an aromatic ring is 1. The number of thioether (sulfide) groups is 1. The van der Waals surface area contributed by atoms with Crippen molar-refractivity contribution in [3.8, 4) is 0 Å². The van der Waals surface area contributed by atoms with E-state index in [9.17, 15) is 19.5 Å². The Morgan fingerprint density at radius 3 is 2.79 bits per heavy atom. The predicted octanol–water partition coefficient (Wildman–Crippen LogP) is 0.861. The van der Waals surface area contributed by atoms with E-state index in [0.29, 0.717) is 12.2 Å². The first-order chi connectivity index (χ1) is 13.7. The Bertz CT molecular complexity index is 910. The number of hydrogen-bond donors (Lipinski definition) is 3. The van der Waals surface area contributed by atoms with Crippen molar-refractivity contribution in [2.75, 3.05) is 18.6 Å². The van der Waals surface area contributed by atoms with Gasteiger partial charge in [-0.3, -0.25) is 14.5 Å². The van der Waals surface area contributed by atoms with Gasteiger partial charge >= 0.3 is 5.97 Å². The van der Waals surface area contributed by atoms with Crippen LogP contribution in [0.25, 0.3) is 0 Å². The fraction of sp³-hybridized carbons (Fsp3) is 0.471. The molecule has 0 bridgehead atoms. The van der Waals surface area contributed by atoms with Crippen molar-refractivity contribution in [3.05, 3.63) is 22.3 Å². The number of nitrogens with zero attached hydrogens (tertiary/aromatic N) is 3. The van der Waals surface area contributed by atoms with Crippen LogP contribution in [0.2, 0.25) is 0 Å². The number of carboxylic acids is 1. The number of aliphatic carboxylic acids is 1. The van der Waals surface area contributed by atoms with Crippen molar-refractivity contribution in [1.29, 1.82) is 0 Å². The first-order valence-electron chi connectivity index (χ1n) is 8.78. The van der Waals surface area contributed by atoms with Crippen molar-refractivity contribution < 1.29 is 24.3 Å². The standard InChI is InChI=1S/C17H21N5O5S2/c1-7(2)4-8-5-28-15-11(14(24)22(15)12(8)16(25)26)20-13(23)10(21-27-3)9-6-29-17(18)19-9/h6-7,11,15H,4-5H2,1-3H3,(H2,18,19)(H,20,23)(H,25,26)/b21-10-/t11-,15-/m1/s1. The van der Waals surface area contributed by atoms with Crippen LogP contribution in [0.5, 0.6) is 0 Å². The average molecular weight is 440 g/mol. The SMILES string of the molecule is CO/N=C(\C(=O)N[C@@H]1C(=O)N2C(C(=O)O)=C(CC(C)C)CS[C@H]12)c1csc(N)n1. The Morgan fingerprint density at radius 2 is 2.24 bits per heavy atom. The van der Waals surface area contributed by atoms with E-state index in [1.165, 1.54) is 23.8 Å². The van der Waals surface area contributed by atoms with Gasteiger partial charge in [0.05, 0.1) is 0 Å². The first kappa shape index (κ1) is 21.1. The number of carbonyl (C=O) groups is 3. The average Bonchev–Trinajstić information content (AvgIpc) is 3.08. The lowest BCUT2D eigenvalue weighted by Gasteiger charge is -2.49. The number of amides is 2. The largest absolute Gasteiger partial charge is 0.477 e. The van der Waals surface area contributed by atoms with Gasteiger partial charge in [-0.15, -0.1) is 23.1 Å². The summed E-state index contributed by atoms with van der Waals surface area (Å²) in [6, 6.07) is -0.861. The molecule has 29 heavy (non-hydrogen) atoms. The molecule has 2 amide bonds. The smallest absolute Gasteiger partial charge is 0.352 e. The first-order valence-corrected chi connectivity index (χ1v) is 10.7. The summed E-state index contributed by atoms with van der Waals surface area (Å²) in [5, 5.41) is 17.3. The van der Waals surface area contributed by atoms with E-state index in [1.807, 2.05) is 13.8 Å². The summed E-state index contributed by atoms with van der Waals surface area (Å²) < 4.78 is 0. The minimum Gasteiger partial charge on any atom is -0.477 e. The number of thiazole rings is 1. The Balaban J connectivity index is 1.79. The highest BCUT2D eigenvalue weighted by atomic mass is 32.2. The van der Waals surface area contributed by atoms with Gasteiger partial charge in [0.15, 0.2) is 10.8 Å². The van der Waals surface area contributed by atoms with E-state index in [4.69, 9.17) is 10.6 Å². The van der Waals surface area contributed by atoms with Crippen LogP contribution in [0.1, 0.15) is 26.0 Å². The lowest BCUT2D eigenvalue weighted by atomic mass is 9.97. The molecular formula is C17H21N5O5S2. The summed E-state index contributed by atoms with van der Waals surface area (Å²) in [5.74, 6) is -1.50. The molecule has 12 heteroatoms. The maximum absolute atomic E-state index is 12.7. The molecule has 1 saturated heterocycles. The third-order valence-electron chi connectivity index (χ3n) is 4.35. The molecule has 0 aliphatic carbocycles. The van der Waals surface area contributed by atoms with Gasteiger partial charge in [0, 0.05) is 11.1 Å². The molecule has 156 valence electrons. The van der Waals surface area contributed by atoms with Crippen molar-refractivity contribution >= 4 is 51.7 Å². The molecule has 2 aliphatic rings. The highest BCUT2D eigenvalue weighted by molar-refractivity contribution is 8.00. The number of hydrogen-bond acceptors (Lipinski definition) is 9. The summed E-state index contributed by atoms with van der Waals surface area (Å²) in [4.78, 5) is 47.2. The number of nitrogens with two attached hydrogens (primary N) is 1. The number of carboxylic acid groups (broad SMARTS) is 1. The summed E-state index contributed by atoms with van der Waals surface area (Å²) >= 11 is 2.57. The minimum atomic E-state index is -1.14. The van der Waals surface area contributed by atoms with Crippen LogP contribution in [-0.4, -0.2) is 62.8 Å². The summed E-state index contributed by atoms with van der Waals surface area (Å²) in [6.07, 6.45) is 0.595. The van der Waals surface area contributed by atoms with Gasteiger partial charge < -0.3 is 21.0 Å². The van der Waals surface area contributed by atoms with Crippen LogP contribution in [0.4, 0.5) is 5.13 Å². The molecule has 1 fully saturated rings. The van der Waals surface area contributed by atoms with E-state index in [-0.39, 0.29) is 28.2 Å². The molecule has 2 aliphatic heterocycles. The summed E-state index contributed by atoms with van der Waals surface area (Å²) in [7, 11) is 1.29.